The fourth-order valence-corrected chi connectivity index (χ4v) is 1.94. The number of hydrogen-bond donors (Lipinski definition) is 2. The van der Waals surface area contributed by atoms with Crippen LogP contribution < -0.4 is 11.1 Å². The molecule has 0 radical (unpaired) electrons. The van der Waals surface area contributed by atoms with E-state index in [9.17, 15) is 0 Å². The minimum Gasteiger partial charge on any atom is -0.380 e. The second-order valence-corrected chi connectivity index (χ2v) is 4.48. The highest BCUT2D eigenvalue weighted by Crippen LogP contribution is 2.34. The summed E-state index contributed by atoms with van der Waals surface area (Å²) in [5.41, 5.74) is 8.47. The Labute approximate surface area is 96.3 Å². The second kappa shape index (κ2) is 4.54. The van der Waals surface area contributed by atoms with Gasteiger partial charge in [0, 0.05) is 12.6 Å². The maximum Gasteiger partial charge on any atom is 0.101 e. The maximum atomic E-state index is 9.06. The van der Waals surface area contributed by atoms with Crippen molar-refractivity contribution in [3.63, 3.8) is 0 Å². The van der Waals surface area contributed by atoms with Crippen molar-refractivity contribution in [3.05, 3.63) is 29.3 Å². The number of nitrogens with zero attached hydrogens (tertiary/aromatic N) is 1. The molecule has 1 atom stereocenters. The summed E-state index contributed by atoms with van der Waals surface area (Å²) in [5, 5.41) is 12.5. The Morgan fingerprint density at radius 3 is 2.88 bits per heavy atom. The molecule has 1 saturated carbocycles. The molecule has 0 amide bonds. The van der Waals surface area contributed by atoms with Gasteiger partial charge in [-0.2, -0.15) is 5.26 Å². The van der Waals surface area contributed by atoms with Gasteiger partial charge in [-0.3, -0.25) is 0 Å². The topological polar surface area (TPSA) is 61.8 Å². The van der Waals surface area contributed by atoms with Crippen LogP contribution in [-0.2, 0) is 0 Å². The van der Waals surface area contributed by atoms with Gasteiger partial charge in [-0.05, 0) is 43.4 Å². The van der Waals surface area contributed by atoms with E-state index in [1.165, 1.54) is 12.8 Å². The molecular weight excluding hydrogens is 198 g/mol. The van der Waals surface area contributed by atoms with Gasteiger partial charge in [-0.25, -0.2) is 0 Å². The predicted molar refractivity (Wildman–Crippen MR) is 65.1 cm³/mol. The third-order valence-corrected chi connectivity index (χ3v) is 3.08. The Balaban J connectivity index is 2.16. The van der Waals surface area contributed by atoms with Crippen LogP contribution in [0.5, 0.6) is 0 Å². The van der Waals surface area contributed by atoms with Crippen LogP contribution in [-0.4, -0.2) is 12.6 Å². The largest absolute Gasteiger partial charge is 0.380 e. The Hall–Kier alpha value is -1.53. The maximum absolute atomic E-state index is 9.06. The van der Waals surface area contributed by atoms with Crippen molar-refractivity contribution in [2.24, 2.45) is 11.7 Å². The fourth-order valence-electron chi connectivity index (χ4n) is 1.94. The van der Waals surface area contributed by atoms with Gasteiger partial charge in [0.15, 0.2) is 0 Å². The van der Waals surface area contributed by atoms with E-state index in [0.29, 0.717) is 24.1 Å². The van der Waals surface area contributed by atoms with Gasteiger partial charge in [-0.1, -0.05) is 6.07 Å². The molecule has 0 heterocycles. The van der Waals surface area contributed by atoms with Crippen LogP contribution in [0.4, 0.5) is 5.69 Å². The SMILES string of the molecule is Cc1ccc(NC(CN)C2CC2)c(C#N)c1. The molecular formula is C13H17N3. The van der Waals surface area contributed by atoms with Crippen molar-refractivity contribution in [3.8, 4) is 6.07 Å². The first-order chi connectivity index (χ1) is 7.74. The molecule has 1 aromatic carbocycles. The molecule has 1 aliphatic carbocycles. The summed E-state index contributed by atoms with van der Waals surface area (Å²) < 4.78 is 0. The van der Waals surface area contributed by atoms with Gasteiger partial charge in [-0.15, -0.1) is 0 Å². The lowest BCUT2D eigenvalue weighted by atomic mass is 10.1. The number of aryl methyl sites for hydroxylation is 1. The van der Waals surface area contributed by atoms with Gasteiger partial charge in [0.1, 0.15) is 6.07 Å². The summed E-state index contributed by atoms with van der Waals surface area (Å²) in [5.74, 6) is 0.692. The highest BCUT2D eigenvalue weighted by atomic mass is 15.0. The summed E-state index contributed by atoms with van der Waals surface area (Å²) >= 11 is 0. The highest BCUT2D eigenvalue weighted by molar-refractivity contribution is 5.59. The molecule has 0 saturated heterocycles. The Kier molecular flexibility index (Phi) is 3.12. The zero-order valence-corrected chi connectivity index (χ0v) is 9.53. The number of anilines is 1. The van der Waals surface area contributed by atoms with Crippen molar-refractivity contribution in [2.75, 3.05) is 11.9 Å². The van der Waals surface area contributed by atoms with Crippen molar-refractivity contribution in [1.82, 2.24) is 0 Å². The first kappa shape index (κ1) is 11.0. The molecule has 1 aromatic rings. The lowest BCUT2D eigenvalue weighted by Crippen LogP contribution is -2.31. The highest BCUT2D eigenvalue weighted by Gasteiger charge is 2.30. The summed E-state index contributed by atoms with van der Waals surface area (Å²) in [6, 6.07) is 8.43. The summed E-state index contributed by atoms with van der Waals surface area (Å²) in [4.78, 5) is 0. The number of benzene rings is 1. The van der Waals surface area contributed by atoms with Gasteiger partial charge in [0.2, 0.25) is 0 Å². The molecule has 1 unspecified atom stereocenters. The molecule has 0 spiro atoms. The molecule has 1 fully saturated rings. The van der Waals surface area contributed by atoms with Crippen LogP contribution in [0.3, 0.4) is 0 Å². The van der Waals surface area contributed by atoms with Crippen molar-refractivity contribution in [1.29, 1.82) is 5.26 Å². The lowest BCUT2D eigenvalue weighted by Gasteiger charge is -2.18. The molecule has 3 heteroatoms. The lowest BCUT2D eigenvalue weighted by molar-refractivity contribution is 0.645. The van der Waals surface area contributed by atoms with Gasteiger partial charge in [0.25, 0.3) is 0 Å². The molecule has 0 aromatic heterocycles. The number of nitriles is 1. The smallest absolute Gasteiger partial charge is 0.101 e. The monoisotopic (exact) mass is 215 g/mol. The molecule has 84 valence electrons. The first-order valence-corrected chi connectivity index (χ1v) is 5.72. The van der Waals surface area contributed by atoms with Crippen molar-refractivity contribution in [2.45, 2.75) is 25.8 Å². The molecule has 3 nitrogen and oxygen atoms in total. The number of hydrogen-bond acceptors (Lipinski definition) is 3. The van der Waals surface area contributed by atoms with E-state index in [2.05, 4.69) is 11.4 Å². The Bertz CT molecular complexity index is 416. The second-order valence-electron chi connectivity index (χ2n) is 4.48. The molecule has 3 N–H and O–H groups in total. The van der Waals surface area contributed by atoms with Crippen molar-refractivity contribution >= 4 is 5.69 Å². The van der Waals surface area contributed by atoms with E-state index in [0.717, 1.165) is 11.3 Å². The molecule has 0 bridgehead atoms. The van der Waals surface area contributed by atoms with E-state index >= 15 is 0 Å². The van der Waals surface area contributed by atoms with E-state index in [1.807, 2.05) is 25.1 Å². The first-order valence-electron chi connectivity index (χ1n) is 5.72. The zero-order chi connectivity index (χ0) is 11.5. The van der Waals surface area contributed by atoms with Crippen LogP contribution in [0.1, 0.15) is 24.0 Å². The normalized spacial score (nSPS) is 16.6. The summed E-state index contributed by atoms with van der Waals surface area (Å²) in [7, 11) is 0. The van der Waals surface area contributed by atoms with Crippen LogP contribution in [0, 0.1) is 24.2 Å². The summed E-state index contributed by atoms with van der Waals surface area (Å²) in [6.07, 6.45) is 2.51. The molecule has 1 aliphatic rings. The molecule has 16 heavy (non-hydrogen) atoms. The van der Waals surface area contributed by atoms with E-state index < -0.39 is 0 Å². The molecule has 2 rings (SSSR count). The van der Waals surface area contributed by atoms with Crippen LogP contribution in [0.15, 0.2) is 18.2 Å². The predicted octanol–water partition coefficient (Wildman–Crippen LogP) is 2.02. The Morgan fingerprint density at radius 2 is 2.31 bits per heavy atom. The van der Waals surface area contributed by atoms with Crippen molar-refractivity contribution < 1.29 is 0 Å². The van der Waals surface area contributed by atoms with Crippen LogP contribution in [0.25, 0.3) is 0 Å². The van der Waals surface area contributed by atoms with E-state index in [1.54, 1.807) is 0 Å². The van der Waals surface area contributed by atoms with E-state index in [4.69, 9.17) is 11.0 Å². The number of nitrogens with one attached hydrogen (secondary N) is 1. The van der Waals surface area contributed by atoms with Crippen LogP contribution in [0.2, 0.25) is 0 Å². The molecule has 0 aliphatic heterocycles. The van der Waals surface area contributed by atoms with Gasteiger partial charge in [0.05, 0.1) is 11.3 Å². The minimum atomic E-state index is 0.315. The van der Waals surface area contributed by atoms with Gasteiger partial charge < -0.3 is 11.1 Å². The quantitative estimate of drug-likeness (QED) is 0.807. The minimum absolute atomic E-state index is 0.315. The zero-order valence-electron chi connectivity index (χ0n) is 9.53. The average molecular weight is 215 g/mol. The average Bonchev–Trinajstić information content (AvgIpc) is 3.11. The third-order valence-electron chi connectivity index (χ3n) is 3.08. The standard InChI is InChI=1S/C13H17N3/c1-9-2-5-12(11(6-9)7-14)16-13(8-15)10-3-4-10/h2,5-6,10,13,16H,3-4,8,15H2,1H3. The third kappa shape index (κ3) is 2.34. The number of nitrogens with two attached hydrogens (primary N) is 1. The van der Waals surface area contributed by atoms with E-state index in [-0.39, 0.29) is 0 Å². The fraction of sp³-hybridized carbons (Fsp3) is 0.462. The summed E-state index contributed by atoms with van der Waals surface area (Å²) in [6.45, 7) is 2.62. The Morgan fingerprint density at radius 1 is 1.56 bits per heavy atom. The van der Waals surface area contributed by atoms with Crippen LogP contribution >= 0.6 is 0 Å². The number of rotatable bonds is 4. The van der Waals surface area contributed by atoms with Gasteiger partial charge >= 0.3 is 0 Å².